The fourth-order valence-corrected chi connectivity index (χ4v) is 13.3. The molecule has 0 unspecified atom stereocenters. The van der Waals surface area contributed by atoms with Gasteiger partial charge < -0.3 is 0 Å². The molecule has 1 aliphatic rings. The summed E-state index contributed by atoms with van der Waals surface area (Å²) in [4.78, 5) is 8.33. The molecular weight excluding hydrogens is 709 g/mol. The van der Waals surface area contributed by atoms with Gasteiger partial charge in [0, 0.05) is 27.2 Å². The van der Waals surface area contributed by atoms with Gasteiger partial charge in [-0.1, -0.05) is 107 Å². The van der Waals surface area contributed by atoms with E-state index in [9.17, 15) is 5.53 Å². The van der Waals surface area contributed by atoms with Crippen LogP contribution in [0.2, 0.25) is 0 Å². The van der Waals surface area contributed by atoms with Crippen LogP contribution in [0.5, 0.6) is 0 Å². The molecule has 1 heterocycles. The van der Waals surface area contributed by atoms with E-state index in [-0.39, 0.29) is 0 Å². The molecule has 0 N–H and O–H groups in total. The van der Waals surface area contributed by atoms with E-state index in [0.29, 0.717) is 0 Å². The quantitative estimate of drug-likeness (QED) is 0.0704. The Morgan fingerprint density at radius 1 is 0.436 bits per heavy atom. The predicted molar refractivity (Wildman–Crippen MR) is 242 cm³/mol. The first kappa shape index (κ1) is 38.4. The van der Waals surface area contributed by atoms with E-state index in [1.807, 2.05) is 0 Å². The van der Waals surface area contributed by atoms with Gasteiger partial charge in [0.05, 0.1) is 11.4 Å². The number of para-hydroxylation sites is 2. The van der Waals surface area contributed by atoms with Gasteiger partial charge in [0.2, 0.25) is 0 Å². The number of hydrogen-bond donors (Lipinski definition) is 0. The molecule has 0 aromatic heterocycles. The maximum Gasteiger partial charge on any atom is 0.265 e. The summed E-state index contributed by atoms with van der Waals surface area (Å²) in [7, 11) is -2.01. The highest BCUT2D eigenvalue weighted by Gasteiger charge is 2.49. The molecule has 6 aromatic rings. The molecule has 0 saturated carbocycles. The highest BCUT2D eigenvalue weighted by atomic mass is 31.2. The Morgan fingerprint density at radius 3 is 0.891 bits per heavy atom. The largest absolute Gasteiger partial charge is 0.265 e. The smallest absolute Gasteiger partial charge is 0.181 e. The molecule has 55 heavy (non-hydrogen) atoms. The van der Waals surface area contributed by atoms with E-state index in [4.69, 9.17) is 4.88 Å². The molecule has 5 nitrogen and oxygen atoms in total. The van der Waals surface area contributed by atoms with Gasteiger partial charge in [0.25, 0.3) is 8.37 Å². The molecule has 7 heteroatoms. The highest BCUT2D eigenvalue weighted by molar-refractivity contribution is 7.87. The van der Waals surface area contributed by atoms with Crippen LogP contribution in [-0.4, -0.2) is 0 Å². The monoisotopic (exact) mass is 760 g/mol. The molecule has 0 aliphatic carbocycles. The third-order valence-electron chi connectivity index (χ3n) is 11.0. The topological polar surface area (TPSA) is 55.2 Å². The van der Waals surface area contributed by atoms with E-state index in [0.717, 1.165) is 11.4 Å². The second-order valence-electron chi connectivity index (χ2n) is 15.8. The minimum absolute atomic E-state index is 0.513. The summed E-state index contributed by atoms with van der Waals surface area (Å²) in [5.74, 6) is 0. The summed E-state index contributed by atoms with van der Waals surface area (Å²) in [5, 5.41) is 0. The van der Waals surface area contributed by atoms with Crippen molar-refractivity contribution in [3.8, 4) is 44.5 Å². The van der Waals surface area contributed by atoms with E-state index in [2.05, 4.69) is 182 Å². The number of benzene rings is 6. The van der Waals surface area contributed by atoms with Gasteiger partial charge in [0.1, 0.15) is 0 Å². The summed E-state index contributed by atoms with van der Waals surface area (Å²) < 4.78 is 4.95. The van der Waals surface area contributed by atoms with Crippen molar-refractivity contribution < 1.29 is 0 Å². The number of rotatable bonds is 7. The van der Waals surface area contributed by atoms with Crippen LogP contribution in [0.1, 0.15) is 66.8 Å². The molecule has 6 aromatic carbocycles. The fourth-order valence-electron chi connectivity index (χ4n) is 9.48. The SMILES string of the molecule is Cc1cc(C)c(-c2cccc(-c3c(C)cc(C)cc3C)c2N2[PH2+]N(c3c(-c4c(C)cc(C)cc4C)cccc3-c3c(C)cc(C)cc3C)P2N=[N+]=[N-])c(C)c1. The standard InChI is InChI=1S/C48H51N5P2/c1-27-19-31(5)43(32(6)20-27)39-15-13-16-40(44-33(7)21-28(2)22-34(44)8)47(39)52-54-53(55(52)51-50-49)48-41(45-35(9)23-29(3)24-36(45)10)17-14-18-42(48)46-37(11)25-30(4)26-38(46)12/h13-26,54H,1-12H3/p+1. The zero-order chi connectivity index (χ0) is 39.5. The summed E-state index contributed by atoms with van der Waals surface area (Å²) in [6.07, 6.45) is 0. The number of azide groups is 1. The second kappa shape index (κ2) is 15.0. The molecule has 0 atom stereocenters. The molecule has 1 aliphatic heterocycles. The van der Waals surface area contributed by atoms with Crippen LogP contribution < -0.4 is 8.88 Å². The Morgan fingerprint density at radius 2 is 0.673 bits per heavy atom. The van der Waals surface area contributed by atoms with E-state index >= 15 is 0 Å². The second-order valence-corrected chi connectivity index (χ2v) is 19.5. The van der Waals surface area contributed by atoms with Crippen molar-refractivity contribution >= 4 is 28.6 Å². The van der Waals surface area contributed by atoms with Gasteiger partial charge >= 0.3 is 0 Å². The Labute approximate surface area is 330 Å². The van der Waals surface area contributed by atoms with Crippen molar-refractivity contribution in [3.05, 3.63) is 162 Å². The Kier molecular flexibility index (Phi) is 10.4. The third kappa shape index (κ3) is 6.85. The maximum atomic E-state index is 10.4. The molecule has 0 radical (unpaired) electrons. The highest BCUT2D eigenvalue weighted by Crippen LogP contribution is 2.74. The molecule has 278 valence electrons. The predicted octanol–water partition coefficient (Wildman–Crippen LogP) is 15.2. The average Bonchev–Trinajstić information content (AvgIpc) is 3.07. The third-order valence-corrected chi connectivity index (χ3v) is 15.3. The van der Waals surface area contributed by atoms with Crippen molar-refractivity contribution in [1.82, 2.24) is 0 Å². The van der Waals surface area contributed by atoms with Gasteiger partial charge in [-0.3, -0.25) is 0 Å². The molecule has 0 spiro atoms. The van der Waals surface area contributed by atoms with Gasteiger partial charge in [-0.05, 0) is 160 Å². The summed E-state index contributed by atoms with van der Waals surface area (Å²) in [6.45, 7) is 26.5. The lowest BCUT2D eigenvalue weighted by Gasteiger charge is -2.44. The van der Waals surface area contributed by atoms with Gasteiger partial charge in [0.15, 0.2) is 8.88 Å². The van der Waals surface area contributed by atoms with Gasteiger partial charge in [-0.15, -0.1) is 0 Å². The fraction of sp³-hybridized carbons (Fsp3) is 0.250. The molecule has 1 saturated heterocycles. The van der Waals surface area contributed by atoms with Crippen LogP contribution in [0.3, 0.4) is 0 Å². The number of aryl methyl sites for hydroxylation is 12. The number of nitrogens with zero attached hydrogens (tertiary/aromatic N) is 5. The van der Waals surface area contributed by atoms with Crippen molar-refractivity contribution in [2.24, 2.45) is 4.88 Å². The lowest BCUT2D eigenvalue weighted by molar-refractivity contribution is 1.29. The lowest BCUT2D eigenvalue weighted by Crippen LogP contribution is -2.31. The van der Waals surface area contributed by atoms with Crippen LogP contribution in [0.4, 0.5) is 11.4 Å². The van der Waals surface area contributed by atoms with Crippen LogP contribution in [0.15, 0.2) is 89.8 Å². The van der Waals surface area contributed by atoms with Crippen LogP contribution in [-0.2, 0) is 0 Å². The van der Waals surface area contributed by atoms with Crippen LogP contribution in [0.25, 0.3) is 55.0 Å². The van der Waals surface area contributed by atoms with Crippen molar-refractivity contribution in [1.29, 1.82) is 0 Å². The normalized spacial score (nSPS) is 14.3. The van der Waals surface area contributed by atoms with Crippen LogP contribution >= 0.6 is 17.3 Å². The first-order chi connectivity index (χ1) is 26.2. The van der Waals surface area contributed by atoms with Crippen molar-refractivity contribution in [2.75, 3.05) is 8.88 Å². The first-order valence-corrected chi connectivity index (χ1v) is 21.3. The lowest BCUT2D eigenvalue weighted by atomic mass is 9.87. The molecule has 0 bridgehead atoms. The average molecular weight is 761 g/mol. The summed E-state index contributed by atoms with van der Waals surface area (Å²) >= 11 is 0. The van der Waals surface area contributed by atoms with Crippen molar-refractivity contribution in [3.63, 3.8) is 0 Å². The van der Waals surface area contributed by atoms with Gasteiger partial charge in [-0.2, -0.15) is 8.88 Å². The molecule has 0 amide bonds. The summed E-state index contributed by atoms with van der Waals surface area (Å²) in [6, 6.07) is 31.8. The molecular formula is C48H52N5P2+. The van der Waals surface area contributed by atoms with Gasteiger partial charge in [-0.25, -0.2) is 0 Å². The van der Waals surface area contributed by atoms with Crippen molar-refractivity contribution in [2.45, 2.75) is 83.1 Å². The Balaban J connectivity index is 1.52. The van der Waals surface area contributed by atoms with E-state index in [1.54, 1.807) is 0 Å². The zero-order valence-electron chi connectivity index (χ0n) is 34.3. The maximum absolute atomic E-state index is 10.4. The van der Waals surface area contributed by atoms with E-state index in [1.165, 1.54) is 111 Å². The number of hydrogen-bond acceptors (Lipinski definition) is 3. The zero-order valence-corrected chi connectivity index (χ0v) is 36.4. The molecule has 7 rings (SSSR count). The Hall–Kier alpha value is -4.91. The summed E-state index contributed by atoms with van der Waals surface area (Å²) in [5.41, 5.74) is 37.4. The Bertz CT molecular complexity index is 2170. The number of anilines is 2. The van der Waals surface area contributed by atoms with Crippen LogP contribution in [0, 0.1) is 83.1 Å². The minimum Gasteiger partial charge on any atom is -0.181 e. The first-order valence-electron chi connectivity index (χ1n) is 19.1. The van der Waals surface area contributed by atoms with E-state index < -0.39 is 17.3 Å². The minimum atomic E-state index is -1.49. The molecule has 1 fully saturated rings.